The van der Waals surface area contributed by atoms with E-state index in [1.807, 2.05) is 0 Å². The van der Waals surface area contributed by atoms with Gasteiger partial charge in [-0.05, 0) is 42.0 Å². The van der Waals surface area contributed by atoms with Crippen LogP contribution in [0.15, 0.2) is 48.5 Å². The highest BCUT2D eigenvalue weighted by Gasteiger charge is 2.07. The molecule has 0 heterocycles. The van der Waals surface area contributed by atoms with Gasteiger partial charge < -0.3 is 9.47 Å². The highest BCUT2D eigenvalue weighted by molar-refractivity contribution is 6.30. The number of benzene rings is 2. The molecular formula is C17H17ClN2O4. The van der Waals surface area contributed by atoms with Gasteiger partial charge in [0.1, 0.15) is 11.5 Å². The van der Waals surface area contributed by atoms with Crippen molar-refractivity contribution in [3.8, 4) is 11.5 Å². The monoisotopic (exact) mass is 348 g/mol. The van der Waals surface area contributed by atoms with Crippen LogP contribution in [0.2, 0.25) is 5.02 Å². The van der Waals surface area contributed by atoms with Crippen LogP contribution in [0.1, 0.15) is 5.56 Å². The number of halogens is 1. The van der Waals surface area contributed by atoms with Gasteiger partial charge in [0.25, 0.3) is 5.91 Å². The topological polar surface area (TPSA) is 76.7 Å². The molecule has 0 atom stereocenters. The first-order valence-electron chi connectivity index (χ1n) is 7.16. The Balaban J connectivity index is 1.70. The van der Waals surface area contributed by atoms with E-state index in [2.05, 4.69) is 10.9 Å². The number of hydrogen-bond acceptors (Lipinski definition) is 4. The highest BCUT2D eigenvalue weighted by Crippen LogP contribution is 2.16. The Labute approximate surface area is 144 Å². The molecule has 2 rings (SSSR count). The second-order valence-electron chi connectivity index (χ2n) is 4.86. The smallest absolute Gasteiger partial charge is 0.276 e. The zero-order chi connectivity index (χ0) is 17.4. The van der Waals surface area contributed by atoms with E-state index in [1.54, 1.807) is 55.6 Å². The second kappa shape index (κ2) is 8.79. The number of hydrogen-bond donors (Lipinski definition) is 2. The third kappa shape index (κ3) is 5.81. The molecule has 0 aromatic heterocycles. The lowest BCUT2D eigenvalue weighted by atomic mass is 10.1. The van der Waals surface area contributed by atoms with E-state index in [4.69, 9.17) is 21.1 Å². The lowest BCUT2D eigenvalue weighted by Gasteiger charge is -2.09. The van der Waals surface area contributed by atoms with E-state index in [-0.39, 0.29) is 18.9 Å². The molecule has 6 nitrogen and oxygen atoms in total. The summed E-state index contributed by atoms with van der Waals surface area (Å²) in [6.07, 6.45) is 0.136. The Hall–Kier alpha value is -2.73. The molecule has 24 heavy (non-hydrogen) atoms. The van der Waals surface area contributed by atoms with Crippen molar-refractivity contribution in [1.82, 2.24) is 10.9 Å². The van der Waals surface area contributed by atoms with E-state index >= 15 is 0 Å². The molecule has 2 amide bonds. The number of rotatable bonds is 6. The van der Waals surface area contributed by atoms with Gasteiger partial charge in [-0.3, -0.25) is 20.4 Å². The van der Waals surface area contributed by atoms with Crippen molar-refractivity contribution in [3.63, 3.8) is 0 Å². The van der Waals surface area contributed by atoms with Crippen molar-refractivity contribution >= 4 is 23.4 Å². The highest BCUT2D eigenvalue weighted by atomic mass is 35.5. The van der Waals surface area contributed by atoms with Gasteiger partial charge in [-0.25, -0.2) is 0 Å². The summed E-state index contributed by atoms with van der Waals surface area (Å²) in [5.41, 5.74) is 5.41. The van der Waals surface area contributed by atoms with Gasteiger partial charge in [0, 0.05) is 5.02 Å². The van der Waals surface area contributed by atoms with Crippen molar-refractivity contribution in [1.29, 1.82) is 0 Å². The van der Waals surface area contributed by atoms with Crippen LogP contribution in [0.3, 0.4) is 0 Å². The molecule has 0 spiro atoms. The van der Waals surface area contributed by atoms with Gasteiger partial charge in [-0.2, -0.15) is 0 Å². The van der Waals surface area contributed by atoms with Gasteiger partial charge in [0.2, 0.25) is 5.91 Å². The molecule has 126 valence electrons. The molecule has 2 N–H and O–H groups in total. The van der Waals surface area contributed by atoms with Crippen molar-refractivity contribution < 1.29 is 19.1 Å². The Bertz CT molecular complexity index is 687. The minimum atomic E-state index is -0.463. The molecule has 0 aliphatic heterocycles. The fourth-order valence-electron chi connectivity index (χ4n) is 1.83. The summed E-state index contributed by atoms with van der Waals surface area (Å²) in [6, 6.07) is 13.7. The maximum atomic E-state index is 11.7. The van der Waals surface area contributed by atoms with Crippen LogP contribution in [0, 0.1) is 0 Å². The van der Waals surface area contributed by atoms with E-state index in [1.165, 1.54) is 0 Å². The fourth-order valence-corrected chi connectivity index (χ4v) is 1.95. The Morgan fingerprint density at radius 3 is 2.12 bits per heavy atom. The third-order valence-corrected chi connectivity index (χ3v) is 3.30. The molecule has 0 unspecified atom stereocenters. The molecule has 0 saturated carbocycles. The molecular weight excluding hydrogens is 332 g/mol. The number of nitrogens with one attached hydrogen (secondary N) is 2. The SMILES string of the molecule is COc1ccc(OCC(=O)NNC(=O)Cc2ccc(Cl)cc2)cc1. The summed E-state index contributed by atoms with van der Waals surface area (Å²) < 4.78 is 10.3. The van der Waals surface area contributed by atoms with Crippen LogP contribution in [0.5, 0.6) is 11.5 Å². The second-order valence-corrected chi connectivity index (χ2v) is 5.30. The summed E-state index contributed by atoms with van der Waals surface area (Å²) >= 11 is 5.77. The zero-order valence-electron chi connectivity index (χ0n) is 13.0. The maximum Gasteiger partial charge on any atom is 0.276 e. The predicted molar refractivity (Wildman–Crippen MR) is 89.9 cm³/mol. The van der Waals surface area contributed by atoms with Crippen LogP contribution in [0.4, 0.5) is 0 Å². The van der Waals surface area contributed by atoms with E-state index < -0.39 is 5.91 Å². The molecule has 0 radical (unpaired) electrons. The van der Waals surface area contributed by atoms with Crippen LogP contribution < -0.4 is 20.3 Å². The molecule has 0 bridgehead atoms. The first-order chi connectivity index (χ1) is 11.6. The molecule has 0 saturated heterocycles. The van der Waals surface area contributed by atoms with Crippen molar-refractivity contribution in [2.75, 3.05) is 13.7 Å². The van der Waals surface area contributed by atoms with Crippen molar-refractivity contribution in [2.24, 2.45) is 0 Å². The summed E-state index contributed by atoms with van der Waals surface area (Å²) in [6.45, 7) is -0.215. The zero-order valence-corrected chi connectivity index (χ0v) is 13.8. The Kier molecular flexibility index (Phi) is 6.45. The normalized spacial score (nSPS) is 9.92. The standard InChI is InChI=1S/C17H17ClN2O4/c1-23-14-6-8-15(9-7-14)24-11-17(22)20-19-16(21)10-12-2-4-13(18)5-3-12/h2-9H,10-11H2,1H3,(H,19,21)(H,20,22). The molecule has 2 aromatic rings. The van der Waals surface area contributed by atoms with Crippen LogP contribution in [-0.4, -0.2) is 25.5 Å². The van der Waals surface area contributed by atoms with E-state index in [0.29, 0.717) is 16.5 Å². The molecule has 2 aromatic carbocycles. The number of ether oxygens (including phenoxy) is 2. The largest absolute Gasteiger partial charge is 0.497 e. The van der Waals surface area contributed by atoms with Crippen LogP contribution in [0.25, 0.3) is 0 Å². The van der Waals surface area contributed by atoms with Gasteiger partial charge in [0.15, 0.2) is 6.61 Å². The summed E-state index contributed by atoms with van der Waals surface area (Å²) in [5.74, 6) is 0.421. The quantitative estimate of drug-likeness (QED) is 0.784. The first-order valence-corrected chi connectivity index (χ1v) is 7.53. The number of carbonyl (C=O) groups excluding carboxylic acids is 2. The van der Waals surface area contributed by atoms with Gasteiger partial charge in [-0.1, -0.05) is 23.7 Å². The average Bonchev–Trinajstić information content (AvgIpc) is 2.60. The minimum Gasteiger partial charge on any atom is -0.497 e. The number of amides is 2. The number of methoxy groups -OCH3 is 1. The van der Waals surface area contributed by atoms with Crippen molar-refractivity contribution in [2.45, 2.75) is 6.42 Å². The minimum absolute atomic E-state index is 0.136. The fraction of sp³-hybridized carbons (Fsp3) is 0.176. The van der Waals surface area contributed by atoms with Crippen molar-refractivity contribution in [3.05, 3.63) is 59.1 Å². The molecule has 7 heteroatoms. The number of carbonyl (C=O) groups is 2. The molecule has 0 aliphatic carbocycles. The first kappa shape index (κ1) is 17.6. The van der Waals surface area contributed by atoms with Gasteiger partial charge in [0.05, 0.1) is 13.5 Å². The third-order valence-electron chi connectivity index (χ3n) is 3.05. The summed E-state index contributed by atoms with van der Waals surface area (Å²) in [4.78, 5) is 23.4. The maximum absolute atomic E-state index is 11.7. The average molecular weight is 349 g/mol. The summed E-state index contributed by atoms with van der Waals surface area (Å²) in [7, 11) is 1.57. The Morgan fingerprint density at radius 1 is 0.917 bits per heavy atom. The van der Waals surface area contributed by atoms with E-state index in [0.717, 1.165) is 5.56 Å². The molecule has 0 fully saturated rings. The number of hydrazine groups is 1. The van der Waals surface area contributed by atoms with Crippen LogP contribution >= 0.6 is 11.6 Å². The van der Waals surface area contributed by atoms with E-state index in [9.17, 15) is 9.59 Å². The lowest BCUT2D eigenvalue weighted by Crippen LogP contribution is -2.44. The predicted octanol–water partition coefficient (Wildman–Crippen LogP) is 2.12. The summed E-state index contributed by atoms with van der Waals surface area (Å²) in [5, 5.41) is 0.600. The lowest BCUT2D eigenvalue weighted by molar-refractivity contribution is -0.129. The Morgan fingerprint density at radius 2 is 1.50 bits per heavy atom. The van der Waals surface area contributed by atoms with Gasteiger partial charge in [-0.15, -0.1) is 0 Å². The molecule has 0 aliphatic rings. The van der Waals surface area contributed by atoms with Gasteiger partial charge >= 0.3 is 0 Å². The van der Waals surface area contributed by atoms with Crippen LogP contribution in [-0.2, 0) is 16.0 Å².